The molecule has 2 aromatic rings. The minimum atomic E-state index is -0.469. The highest BCUT2D eigenvalue weighted by molar-refractivity contribution is 6.04. The number of carbonyl (C=O) groups is 2. The van der Waals surface area contributed by atoms with Gasteiger partial charge in [0, 0.05) is 29.3 Å². The van der Waals surface area contributed by atoms with E-state index < -0.39 is 11.9 Å². The van der Waals surface area contributed by atoms with Gasteiger partial charge in [-0.3, -0.25) is 4.79 Å². The van der Waals surface area contributed by atoms with E-state index in [0.717, 1.165) is 34.7 Å². The lowest BCUT2D eigenvalue weighted by atomic mass is 9.68. The summed E-state index contributed by atoms with van der Waals surface area (Å²) in [7, 11) is 0. The van der Waals surface area contributed by atoms with Crippen molar-refractivity contribution < 1.29 is 19.1 Å². The van der Waals surface area contributed by atoms with Crippen LogP contribution in [-0.2, 0) is 20.9 Å². The molecule has 4 rings (SSSR count). The summed E-state index contributed by atoms with van der Waals surface area (Å²) in [6, 6.07) is 17.3. The first-order valence-electron chi connectivity index (χ1n) is 11.5. The van der Waals surface area contributed by atoms with Gasteiger partial charge >= 0.3 is 5.97 Å². The topological polar surface area (TPSA) is 64.6 Å². The number of benzene rings is 2. The third kappa shape index (κ3) is 4.87. The molecule has 0 saturated heterocycles. The molecule has 0 spiro atoms. The van der Waals surface area contributed by atoms with Gasteiger partial charge in [-0.15, -0.1) is 0 Å². The summed E-state index contributed by atoms with van der Waals surface area (Å²) in [5.41, 5.74) is 4.48. The van der Waals surface area contributed by atoms with Crippen molar-refractivity contribution in [2.75, 3.05) is 6.61 Å². The zero-order chi connectivity index (χ0) is 23.6. The Morgan fingerprint density at radius 1 is 1.06 bits per heavy atom. The summed E-state index contributed by atoms with van der Waals surface area (Å²) in [5, 5.41) is 3.38. The second kappa shape index (κ2) is 9.26. The number of ether oxygens (including phenoxy) is 2. The molecule has 172 valence electrons. The van der Waals surface area contributed by atoms with E-state index in [-0.39, 0.29) is 17.8 Å². The maximum absolute atomic E-state index is 13.4. The lowest BCUT2D eigenvalue weighted by Crippen LogP contribution is -2.38. The number of dihydropyridines is 1. The minimum absolute atomic E-state index is 0.0773. The molecule has 0 unspecified atom stereocenters. The third-order valence-electron chi connectivity index (χ3n) is 6.20. The summed E-state index contributed by atoms with van der Waals surface area (Å²) in [4.78, 5) is 26.7. The molecule has 0 aromatic heterocycles. The fourth-order valence-electron chi connectivity index (χ4n) is 4.76. The third-order valence-corrected chi connectivity index (χ3v) is 6.20. The van der Waals surface area contributed by atoms with Crippen LogP contribution in [0.1, 0.15) is 57.6 Å². The Morgan fingerprint density at radius 3 is 2.42 bits per heavy atom. The first-order chi connectivity index (χ1) is 15.8. The normalized spacial score (nSPS) is 19.6. The van der Waals surface area contributed by atoms with Crippen LogP contribution in [0.4, 0.5) is 0 Å². The molecule has 1 N–H and O–H groups in total. The molecule has 33 heavy (non-hydrogen) atoms. The standard InChI is InChI=1S/C28H31NO4/c1-5-32-21-13-11-20(12-14-21)25-24(27(31)33-17-19-9-7-6-8-10-19)18(2)29-22-15-28(3,4)16-23(30)26(22)25/h6-14,25,29H,5,15-17H2,1-4H3/t25-/m0/s1. The van der Waals surface area contributed by atoms with Gasteiger partial charge < -0.3 is 14.8 Å². The fraction of sp³-hybridized carbons (Fsp3) is 0.357. The average molecular weight is 446 g/mol. The molecule has 0 radical (unpaired) electrons. The lowest BCUT2D eigenvalue weighted by molar-refractivity contribution is -0.140. The van der Waals surface area contributed by atoms with E-state index in [0.29, 0.717) is 24.2 Å². The van der Waals surface area contributed by atoms with E-state index in [2.05, 4.69) is 19.2 Å². The first-order valence-corrected chi connectivity index (χ1v) is 11.5. The van der Waals surface area contributed by atoms with Gasteiger partial charge in [0.2, 0.25) is 0 Å². The van der Waals surface area contributed by atoms with Crippen LogP contribution in [0.3, 0.4) is 0 Å². The second-order valence-electron chi connectivity index (χ2n) is 9.49. The van der Waals surface area contributed by atoms with Crippen LogP contribution in [0.5, 0.6) is 5.75 Å². The van der Waals surface area contributed by atoms with E-state index in [1.165, 1.54) is 0 Å². The molecule has 1 aliphatic carbocycles. The summed E-state index contributed by atoms with van der Waals surface area (Å²) < 4.78 is 11.3. The van der Waals surface area contributed by atoms with E-state index >= 15 is 0 Å². The van der Waals surface area contributed by atoms with Gasteiger partial charge in [-0.1, -0.05) is 56.3 Å². The number of esters is 1. The van der Waals surface area contributed by atoms with E-state index in [9.17, 15) is 9.59 Å². The van der Waals surface area contributed by atoms with Crippen LogP contribution in [-0.4, -0.2) is 18.4 Å². The molecule has 0 amide bonds. The molecule has 0 fully saturated rings. The van der Waals surface area contributed by atoms with Gasteiger partial charge in [-0.2, -0.15) is 0 Å². The molecule has 2 aliphatic rings. The minimum Gasteiger partial charge on any atom is -0.494 e. The SMILES string of the molecule is CCOc1ccc([C@H]2C(C(=O)OCc3ccccc3)=C(C)NC3=C2C(=O)CC(C)(C)C3)cc1. The van der Waals surface area contributed by atoms with Gasteiger partial charge in [0.25, 0.3) is 0 Å². The van der Waals surface area contributed by atoms with Crippen molar-refractivity contribution in [2.45, 2.75) is 53.1 Å². The fourth-order valence-corrected chi connectivity index (χ4v) is 4.76. The van der Waals surface area contributed by atoms with Gasteiger partial charge in [0.15, 0.2) is 5.78 Å². The Kier molecular flexibility index (Phi) is 6.41. The molecule has 5 nitrogen and oxygen atoms in total. The highest BCUT2D eigenvalue weighted by atomic mass is 16.5. The van der Waals surface area contributed by atoms with Crippen molar-refractivity contribution in [1.29, 1.82) is 0 Å². The predicted molar refractivity (Wildman–Crippen MR) is 127 cm³/mol. The van der Waals surface area contributed by atoms with Crippen molar-refractivity contribution in [3.8, 4) is 5.75 Å². The van der Waals surface area contributed by atoms with Crippen LogP contribution >= 0.6 is 0 Å². The van der Waals surface area contributed by atoms with Crippen molar-refractivity contribution >= 4 is 11.8 Å². The molecular weight excluding hydrogens is 414 g/mol. The van der Waals surface area contributed by atoms with E-state index in [1.54, 1.807) is 0 Å². The Labute approximate surface area is 195 Å². The Hall–Kier alpha value is -3.34. The number of carbonyl (C=O) groups excluding carboxylic acids is 2. The number of hydrogen-bond donors (Lipinski definition) is 1. The smallest absolute Gasteiger partial charge is 0.337 e. The summed E-state index contributed by atoms with van der Waals surface area (Å²) in [6.07, 6.45) is 1.21. The highest BCUT2D eigenvalue weighted by Crippen LogP contribution is 2.47. The number of Topliss-reactive ketones (excluding diaryl/α,β-unsaturated/α-hetero) is 1. The Balaban J connectivity index is 1.72. The maximum Gasteiger partial charge on any atom is 0.337 e. The Morgan fingerprint density at radius 2 is 1.76 bits per heavy atom. The van der Waals surface area contributed by atoms with Gasteiger partial charge in [0.1, 0.15) is 12.4 Å². The number of hydrogen-bond acceptors (Lipinski definition) is 5. The second-order valence-corrected chi connectivity index (χ2v) is 9.49. The number of nitrogens with one attached hydrogen (secondary N) is 1. The van der Waals surface area contributed by atoms with Crippen LogP contribution in [0.15, 0.2) is 77.1 Å². The van der Waals surface area contributed by atoms with Crippen molar-refractivity contribution in [2.24, 2.45) is 5.41 Å². The largest absolute Gasteiger partial charge is 0.494 e. The van der Waals surface area contributed by atoms with Gasteiger partial charge in [-0.25, -0.2) is 4.79 Å². The molecule has 1 heterocycles. The maximum atomic E-state index is 13.4. The quantitative estimate of drug-likeness (QED) is 0.601. The van der Waals surface area contributed by atoms with Crippen molar-refractivity contribution in [3.05, 3.63) is 88.3 Å². The summed E-state index contributed by atoms with van der Waals surface area (Å²) in [6.45, 7) is 8.78. The van der Waals surface area contributed by atoms with Crippen LogP contribution in [0, 0.1) is 5.41 Å². The van der Waals surface area contributed by atoms with E-state index in [4.69, 9.17) is 9.47 Å². The highest BCUT2D eigenvalue weighted by Gasteiger charge is 2.43. The first kappa shape index (κ1) is 22.8. The van der Waals surface area contributed by atoms with Crippen LogP contribution < -0.4 is 10.1 Å². The lowest BCUT2D eigenvalue weighted by Gasteiger charge is -2.39. The molecular formula is C28H31NO4. The van der Waals surface area contributed by atoms with Crippen molar-refractivity contribution in [1.82, 2.24) is 5.32 Å². The molecule has 0 saturated carbocycles. The molecule has 1 aliphatic heterocycles. The van der Waals surface area contributed by atoms with Crippen LogP contribution in [0.2, 0.25) is 0 Å². The van der Waals surface area contributed by atoms with E-state index in [1.807, 2.05) is 68.4 Å². The zero-order valence-corrected chi connectivity index (χ0v) is 19.7. The molecule has 2 aromatic carbocycles. The predicted octanol–water partition coefficient (Wildman–Crippen LogP) is 5.43. The van der Waals surface area contributed by atoms with Crippen LogP contribution in [0.25, 0.3) is 0 Å². The average Bonchev–Trinajstić information content (AvgIpc) is 2.77. The number of allylic oxidation sites excluding steroid dienone is 3. The summed E-state index contributed by atoms with van der Waals surface area (Å²) in [5.74, 6) is -0.0430. The van der Waals surface area contributed by atoms with Crippen molar-refractivity contribution in [3.63, 3.8) is 0 Å². The molecule has 5 heteroatoms. The number of rotatable bonds is 6. The molecule has 1 atom stereocenters. The summed E-state index contributed by atoms with van der Waals surface area (Å²) >= 11 is 0. The zero-order valence-electron chi connectivity index (χ0n) is 19.7. The Bertz CT molecular complexity index is 1110. The monoisotopic (exact) mass is 445 g/mol. The number of ketones is 1. The molecule has 0 bridgehead atoms. The van der Waals surface area contributed by atoms with Gasteiger partial charge in [-0.05, 0) is 48.9 Å². The van der Waals surface area contributed by atoms with Gasteiger partial charge in [0.05, 0.1) is 12.2 Å².